The number of nitrogens with one attached hydrogen (secondary N) is 1. The zero-order valence-corrected chi connectivity index (χ0v) is 8.55. The van der Waals surface area contributed by atoms with Crippen LogP contribution >= 0.6 is 0 Å². The van der Waals surface area contributed by atoms with E-state index in [4.69, 9.17) is 0 Å². The van der Waals surface area contributed by atoms with Crippen LogP contribution in [0.25, 0.3) is 11.3 Å². The lowest BCUT2D eigenvalue weighted by atomic mass is 10.2. The fraction of sp³-hybridized carbons (Fsp3) is 0.182. The van der Waals surface area contributed by atoms with Gasteiger partial charge >= 0.3 is 0 Å². The van der Waals surface area contributed by atoms with Crippen LogP contribution in [0.2, 0.25) is 0 Å². The number of imidazole rings is 1. The fourth-order valence-corrected chi connectivity index (χ4v) is 1.77. The Morgan fingerprint density at radius 1 is 1.44 bits per heavy atom. The van der Waals surface area contributed by atoms with E-state index in [9.17, 15) is 4.79 Å². The number of rotatable bonds is 1. The van der Waals surface area contributed by atoms with Crippen LogP contribution in [0.5, 0.6) is 0 Å². The summed E-state index contributed by atoms with van der Waals surface area (Å²) in [7, 11) is 0. The number of hydrogen-bond acceptors (Lipinski definition) is 3. The summed E-state index contributed by atoms with van der Waals surface area (Å²) in [5.41, 5.74) is 1.83. The number of hydrogen-bond donors (Lipinski definition) is 1. The first kappa shape index (κ1) is 9.08. The van der Waals surface area contributed by atoms with Crippen molar-refractivity contribution in [3.05, 3.63) is 36.5 Å². The van der Waals surface area contributed by atoms with Gasteiger partial charge in [0.1, 0.15) is 5.82 Å². The van der Waals surface area contributed by atoms with Crippen LogP contribution in [-0.4, -0.2) is 20.4 Å². The summed E-state index contributed by atoms with van der Waals surface area (Å²) < 4.78 is 1.95. The van der Waals surface area contributed by atoms with Crippen molar-refractivity contribution < 1.29 is 4.79 Å². The first-order valence-corrected chi connectivity index (χ1v) is 5.06. The minimum atomic E-state index is 0.0239. The summed E-state index contributed by atoms with van der Waals surface area (Å²) in [6.45, 7) is 0.501. The molecular formula is C11H10N4O. The van der Waals surface area contributed by atoms with Gasteiger partial charge in [-0.3, -0.25) is 9.78 Å². The van der Waals surface area contributed by atoms with Crippen molar-refractivity contribution in [2.45, 2.75) is 13.1 Å². The summed E-state index contributed by atoms with van der Waals surface area (Å²) in [4.78, 5) is 19.7. The Morgan fingerprint density at radius 2 is 2.38 bits per heavy atom. The maximum Gasteiger partial charge on any atom is 0.228 e. The van der Waals surface area contributed by atoms with Gasteiger partial charge in [-0.1, -0.05) is 0 Å². The Labute approximate surface area is 92.1 Å². The highest BCUT2D eigenvalue weighted by Gasteiger charge is 2.17. The van der Waals surface area contributed by atoms with E-state index in [2.05, 4.69) is 15.3 Å². The SMILES string of the molecule is O=C1Cc2nc(-c3cccnc3)cn2CN1. The van der Waals surface area contributed by atoms with Gasteiger partial charge in [-0.2, -0.15) is 0 Å². The highest BCUT2D eigenvalue weighted by molar-refractivity contribution is 5.78. The molecular weight excluding hydrogens is 204 g/mol. The van der Waals surface area contributed by atoms with Gasteiger partial charge < -0.3 is 9.88 Å². The molecule has 1 amide bonds. The number of aromatic nitrogens is 3. The van der Waals surface area contributed by atoms with E-state index >= 15 is 0 Å². The summed E-state index contributed by atoms with van der Waals surface area (Å²) in [6.07, 6.45) is 5.78. The highest BCUT2D eigenvalue weighted by Crippen LogP contribution is 2.18. The molecule has 0 bridgehead atoms. The van der Waals surface area contributed by atoms with Crippen LogP contribution in [0.4, 0.5) is 0 Å². The molecule has 16 heavy (non-hydrogen) atoms. The molecule has 0 fully saturated rings. The van der Waals surface area contributed by atoms with Gasteiger partial charge in [-0.15, -0.1) is 0 Å². The summed E-state index contributed by atoms with van der Waals surface area (Å²) in [6, 6.07) is 3.83. The van der Waals surface area contributed by atoms with Crippen LogP contribution in [0.15, 0.2) is 30.7 Å². The third-order valence-corrected chi connectivity index (χ3v) is 2.58. The van der Waals surface area contributed by atoms with Crippen LogP contribution in [0.3, 0.4) is 0 Å². The van der Waals surface area contributed by atoms with E-state index in [1.54, 1.807) is 12.4 Å². The number of nitrogens with zero attached hydrogens (tertiary/aromatic N) is 3. The summed E-state index contributed by atoms with van der Waals surface area (Å²) in [5.74, 6) is 0.832. The van der Waals surface area contributed by atoms with Gasteiger partial charge in [0.25, 0.3) is 0 Å². The standard InChI is InChI=1S/C11H10N4O/c16-11-4-10-14-9(6-15(10)7-13-11)8-2-1-3-12-5-8/h1-3,5-6H,4,7H2,(H,13,16). The molecule has 1 aliphatic heterocycles. The number of carbonyl (C=O) groups excluding carboxylic acids is 1. The van der Waals surface area contributed by atoms with E-state index in [-0.39, 0.29) is 5.91 Å². The smallest absolute Gasteiger partial charge is 0.228 e. The average Bonchev–Trinajstić information content (AvgIpc) is 2.73. The van der Waals surface area contributed by atoms with Crippen molar-refractivity contribution in [3.63, 3.8) is 0 Å². The normalized spacial score (nSPS) is 14.4. The summed E-state index contributed by atoms with van der Waals surface area (Å²) >= 11 is 0. The molecule has 2 aromatic heterocycles. The number of amides is 1. The molecule has 0 aromatic carbocycles. The second-order valence-electron chi connectivity index (χ2n) is 3.69. The monoisotopic (exact) mass is 214 g/mol. The Hall–Kier alpha value is -2.17. The van der Waals surface area contributed by atoms with Crippen molar-refractivity contribution in [1.29, 1.82) is 0 Å². The molecule has 80 valence electrons. The van der Waals surface area contributed by atoms with Crippen molar-refractivity contribution in [2.24, 2.45) is 0 Å². The van der Waals surface area contributed by atoms with E-state index in [1.165, 1.54) is 0 Å². The van der Waals surface area contributed by atoms with Gasteiger partial charge in [0.05, 0.1) is 18.8 Å². The molecule has 0 atom stereocenters. The predicted molar refractivity (Wildman–Crippen MR) is 57.3 cm³/mol. The molecule has 0 saturated heterocycles. The van der Waals surface area contributed by atoms with Gasteiger partial charge in [-0.05, 0) is 12.1 Å². The fourth-order valence-electron chi connectivity index (χ4n) is 1.77. The number of pyridine rings is 1. The van der Waals surface area contributed by atoms with Crippen molar-refractivity contribution in [2.75, 3.05) is 0 Å². The second kappa shape index (κ2) is 3.44. The Balaban J connectivity index is 2.02. The van der Waals surface area contributed by atoms with Crippen LogP contribution in [-0.2, 0) is 17.9 Å². The van der Waals surface area contributed by atoms with Crippen LogP contribution < -0.4 is 5.32 Å². The minimum Gasteiger partial charge on any atom is -0.338 e. The van der Waals surface area contributed by atoms with Gasteiger partial charge in [0.15, 0.2) is 0 Å². The third kappa shape index (κ3) is 1.46. The molecule has 0 unspecified atom stereocenters. The minimum absolute atomic E-state index is 0.0239. The van der Waals surface area contributed by atoms with E-state index < -0.39 is 0 Å². The molecule has 2 aromatic rings. The van der Waals surface area contributed by atoms with Gasteiger partial charge in [-0.25, -0.2) is 4.98 Å². The van der Waals surface area contributed by atoms with Crippen molar-refractivity contribution >= 4 is 5.91 Å². The lowest BCUT2D eigenvalue weighted by molar-refractivity contribution is -0.121. The van der Waals surface area contributed by atoms with Crippen LogP contribution in [0.1, 0.15) is 5.82 Å². The Morgan fingerprint density at radius 3 is 3.19 bits per heavy atom. The molecule has 5 nitrogen and oxygen atoms in total. The molecule has 3 rings (SSSR count). The molecule has 5 heteroatoms. The zero-order chi connectivity index (χ0) is 11.0. The predicted octanol–water partition coefficient (Wildman–Crippen LogP) is 0.575. The molecule has 0 aliphatic carbocycles. The molecule has 1 N–H and O–H groups in total. The van der Waals surface area contributed by atoms with Gasteiger partial charge in [0.2, 0.25) is 5.91 Å². The third-order valence-electron chi connectivity index (χ3n) is 2.58. The first-order chi connectivity index (χ1) is 7.83. The average molecular weight is 214 g/mol. The lowest BCUT2D eigenvalue weighted by Gasteiger charge is -2.13. The highest BCUT2D eigenvalue weighted by atomic mass is 16.1. The van der Waals surface area contributed by atoms with E-state index in [0.29, 0.717) is 13.1 Å². The topological polar surface area (TPSA) is 59.8 Å². The quantitative estimate of drug-likeness (QED) is 0.755. The molecule has 0 saturated carbocycles. The maximum absolute atomic E-state index is 11.2. The largest absolute Gasteiger partial charge is 0.338 e. The van der Waals surface area contributed by atoms with E-state index in [1.807, 2.05) is 22.9 Å². The molecule has 3 heterocycles. The van der Waals surface area contributed by atoms with Crippen molar-refractivity contribution in [3.8, 4) is 11.3 Å². The zero-order valence-electron chi connectivity index (χ0n) is 8.55. The number of carbonyl (C=O) groups is 1. The molecule has 1 aliphatic rings. The number of fused-ring (bicyclic) bond motifs is 1. The van der Waals surface area contributed by atoms with Gasteiger partial charge in [0, 0.05) is 24.2 Å². The first-order valence-electron chi connectivity index (χ1n) is 5.06. The van der Waals surface area contributed by atoms with Crippen LogP contribution in [0, 0.1) is 0 Å². The lowest BCUT2D eigenvalue weighted by Crippen LogP contribution is -2.34. The second-order valence-corrected chi connectivity index (χ2v) is 3.69. The van der Waals surface area contributed by atoms with E-state index in [0.717, 1.165) is 17.1 Å². The molecule has 0 radical (unpaired) electrons. The summed E-state index contributed by atoms with van der Waals surface area (Å²) in [5, 5.41) is 2.77. The molecule has 0 spiro atoms. The Kier molecular flexibility index (Phi) is 1.96. The maximum atomic E-state index is 11.2. The van der Waals surface area contributed by atoms with Crippen molar-refractivity contribution in [1.82, 2.24) is 19.9 Å². The Bertz CT molecular complexity index is 532.